The van der Waals surface area contributed by atoms with E-state index in [2.05, 4.69) is 26.7 Å². The van der Waals surface area contributed by atoms with Crippen LogP contribution in [0.25, 0.3) is 0 Å². The third kappa shape index (κ3) is 4.28. The van der Waals surface area contributed by atoms with Crippen molar-refractivity contribution in [1.29, 1.82) is 5.26 Å². The number of hydrogen-bond acceptors (Lipinski definition) is 7. The number of nitrogens with one attached hydrogen (secondary N) is 2. The molecule has 2 aromatic carbocycles. The summed E-state index contributed by atoms with van der Waals surface area (Å²) < 4.78 is 4.71. The molecule has 3 aromatic rings. The normalized spacial score (nSPS) is 9.86. The SMILES string of the molecule is COC(=O)c1ccccc1NC(=O)c1cnc(Nc2cccc(C#N)c2)cn1. The lowest BCUT2D eigenvalue weighted by Gasteiger charge is -2.09. The zero-order valence-electron chi connectivity index (χ0n) is 14.8. The van der Waals surface area contributed by atoms with E-state index in [9.17, 15) is 9.59 Å². The number of methoxy groups -OCH3 is 1. The predicted octanol–water partition coefficient (Wildman–Crippen LogP) is 3.13. The molecule has 28 heavy (non-hydrogen) atoms. The maximum absolute atomic E-state index is 12.4. The van der Waals surface area contributed by atoms with Gasteiger partial charge in [0.2, 0.25) is 0 Å². The largest absolute Gasteiger partial charge is 0.465 e. The van der Waals surface area contributed by atoms with Gasteiger partial charge in [-0.25, -0.2) is 14.8 Å². The summed E-state index contributed by atoms with van der Waals surface area (Å²) in [5, 5.41) is 14.6. The summed E-state index contributed by atoms with van der Waals surface area (Å²) in [4.78, 5) is 32.4. The van der Waals surface area contributed by atoms with Crippen LogP contribution in [0.15, 0.2) is 60.9 Å². The first-order chi connectivity index (χ1) is 13.6. The average molecular weight is 373 g/mol. The first kappa shape index (κ1) is 18.5. The minimum Gasteiger partial charge on any atom is -0.465 e. The smallest absolute Gasteiger partial charge is 0.339 e. The fourth-order valence-corrected chi connectivity index (χ4v) is 2.39. The number of para-hydroxylation sites is 1. The zero-order chi connectivity index (χ0) is 19.9. The molecular formula is C20H15N5O3. The molecule has 1 aromatic heterocycles. The van der Waals surface area contributed by atoms with Crippen molar-refractivity contribution in [1.82, 2.24) is 9.97 Å². The number of esters is 1. The third-order valence-electron chi connectivity index (χ3n) is 3.73. The van der Waals surface area contributed by atoms with Gasteiger partial charge in [0.15, 0.2) is 0 Å². The van der Waals surface area contributed by atoms with Gasteiger partial charge in [-0.15, -0.1) is 0 Å². The van der Waals surface area contributed by atoms with Crippen LogP contribution in [-0.4, -0.2) is 29.0 Å². The van der Waals surface area contributed by atoms with Crippen LogP contribution in [0.2, 0.25) is 0 Å². The lowest BCUT2D eigenvalue weighted by Crippen LogP contribution is -2.17. The first-order valence-electron chi connectivity index (χ1n) is 8.18. The van der Waals surface area contributed by atoms with Gasteiger partial charge in [0, 0.05) is 5.69 Å². The van der Waals surface area contributed by atoms with E-state index in [1.165, 1.54) is 19.5 Å². The molecule has 0 radical (unpaired) electrons. The van der Waals surface area contributed by atoms with Crippen molar-refractivity contribution < 1.29 is 14.3 Å². The van der Waals surface area contributed by atoms with E-state index in [4.69, 9.17) is 10.00 Å². The molecule has 0 aliphatic carbocycles. The number of amides is 1. The van der Waals surface area contributed by atoms with Gasteiger partial charge in [0.05, 0.1) is 42.4 Å². The van der Waals surface area contributed by atoms with Crippen molar-refractivity contribution in [3.05, 3.63) is 77.7 Å². The predicted molar refractivity (Wildman–Crippen MR) is 102 cm³/mol. The molecule has 2 N–H and O–H groups in total. The molecule has 1 amide bonds. The molecule has 0 saturated carbocycles. The molecule has 0 aliphatic rings. The second-order valence-corrected chi connectivity index (χ2v) is 5.60. The summed E-state index contributed by atoms with van der Waals surface area (Å²) in [5.41, 5.74) is 1.82. The summed E-state index contributed by atoms with van der Waals surface area (Å²) in [5.74, 6) is -0.649. The van der Waals surface area contributed by atoms with Crippen molar-refractivity contribution >= 4 is 29.1 Å². The van der Waals surface area contributed by atoms with Crippen LogP contribution in [0.4, 0.5) is 17.2 Å². The quantitative estimate of drug-likeness (QED) is 0.660. The van der Waals surface area contributed by atoms with Gasteiger partial charge in [0.1, 0.15) is 11.5 Å². The molecule has 138 valence electrons. The van der Waals surface area contributed by atoms with Gasteiger partial charge < -0.3 is 15.4 Å². The number of aromatic nitrogens is 2. The number of nitrogens with zero attached hydrogens (tertiary/aromatic N) is 3. The third-order valence-corrected chi connectivity index (χ3v) is 3.73. The first-order valence-corrected chi connectivity index (χ1v) is 8.18. The number of nitriles is 1. The van der Waals surface area contributed by atoms with E-state index in [0.717, 1.165) is 0 Å². The Morgan fingerprint density at radius 3 is 2.61 bits per heavy atom. The number of ether oxygens (including phenoxy) is 1. The molecule has 0 unspecified atom stereocenters. The Kier molecular flexibility index (Phi) is 5.58. The highest BCUT2D eigenvalue weighted by Gasteiger charge is 2.15. The maximum atomic E-state index is 12.4. The van der Waals surface area contributed by atoms with Crippen molar-refractivity contribution in [3.63, 3.8) is 0 Å². The Morgan fingerprint density at radius 2 is 1.89 bits per heavy atom. The number of carbonyl (C=O) groups excluding carboxylic acids is 2. The van der Waals surface area contributed by atoms with Crippen molar-refractivity contribution in [3.8, 4) is 6.07 Å². The van der Waals surface area contributed by atoms with Gasteiger partial charge in [0.25, 0.3) is 5.91 Å². The fourth-order valence-electron chi connectivity index (χ4n) is 2.39. The monoisotopic (exact) mass is 373 g/mol. The van der Waals surface area contributed by atoms with Crippen molar-refractivity contribution in [2.24, 2.45) is 0 Å². The second-order valence-electron chi connectivity index (χ2n) is 5.60. The van der Waals surface area contributed by atoms with Crippen LogP contribution >= 0.6 is 0 Å². The highest BCUT2D eigenvalue weighted by atomic mass is 16.5. The molecule has 0 bridgehead atoms. The van der Waals surface area contributed by atoms with Gasteiger partial charge >= 0.3 is 5.97 Å². The summed E-state index contributed by atoms with van der Waals surface area (Å²) >= 11 is 0. The molecule has 0 atom stereocenters. The molecule has 1 heterocycles. The van der Waals surface area contributed by atoms with Crippen molar-refractivity contribution in [2.45, 2.75) is 0 Å². The number of rotatable bonds is 5. The van der Waals surface area contributed by atoms with Crippen LogP contribution in [0.5, 0.6) is 0 Å². The Balaban J connectivity index is 1.72. The molecule has 8 nitrogen and oxygen atoms in total. The number of carbonyl (C=O) groups is 2. The molecule has 0 spiro atoms. The Bertz CT molecular complexity index is 1060. The van der Waals surface area contributed by atoms with Gasteiger partial charge in [-0.1, -0.05) is 18.2 Å². The molecule has 0 aliphatic heterocycles. The van der Waals surface area contributed by atoms with Crippen molar-refractivity contribution in [2.75, 3.05) is 17.7 Å². The van der Waals surface area contributed by atoms with E-state index < -0.39 is 11.9 Å². The Hall–Kier alpha value is -4.25. The number of anilines is 3. The molecular weight excluding hydrogens is 358 g/mol. The number of hydrogen-bond donors (Lipinski definition) is 2. The van der Waals surface area contributed by atoms with E-state index in [0.29, 0.717) is 22.8 Å². The lowest BCUT2D eigenvalue weighted by molar-refractivity contribution is 0.0602. The van der Waals surface area contributed by atoms with Crippen LogP contribution in [-0.2, 0) is 4.74 Å². The summed E-state index contributed by atoms with van der Waals surface area (Å²) in [6, 6.07) is 15.5. The molecule has 0 fully saturated rings. The van der Waals surface area contributed by atoms with Gasteiger partial charge in [-0.05, 0) is 30.3 Å². The highest BCUT2D eigenvalue weighted by molar-refractivity contribution is 6.06. The zero-order valence-corrected chi connectivity index (χ0v) is 14.8. The summed E-state index contributed by atoms with van der Waals surface area (Å²) in [7, 11) is 1.27. The van der Waals surface area contributed by atoms with E-state index in [1.54, 1.807) is 48.5 Å². The van der Waals surface area contributed by atoms with Crippen LogP contribution in [0.3, 0.4) is 0 Å². The van der Waals surface area contributed by atoms with Gasteiger partial charge in [-0.2, -0.15) is 5.26 Å². The highest BCUT2D eigenvalue weighted by Crippen LogP contribution is 2.18. The summed E-state index contributed by atoms with van der Waals surface area (Å²) in [6.45, 7) is 0. The average Bonchev–Trinajstić information content (AvgIpc) is 2.74. The van der Waals surface area contributed by atoms with Crippen LogP contribution < -0.4 is 10.6 Å². The number of benzene rings is 2. The minimum atomic E-state index is -0.555. The standard InChI is InChI=1S/C20H15N5O3/c1-28-20(27)15-7-2-3-8-16(15)25-19(26)17-11-23-18(12-22-17)24-14-6-4-5-13(9-14)10-21/h2-9,11-12H,1H3,(H,23,24)(H,25,26). The van der Waals surface area contributed by atoms with Crippen LogP contribution in [0, 0.1) is 11.3 Å². The maximum Gasteiger partial charge on any atom is 0.339 e. The summed E-state index contributed by atoms with van der Waals surface area (Å²) in [6.07, 6.45) is 2.72. The van der Waals surface area contributed by atoms with E-state index in [1.807, 2.05) is 0 Å². The topological polar surface area (TPSA) is 117 Å². The minimum absolute atomic E-state index is 0.0796. The Morgan fingerprint density at radius 1 is 1.07 bits per heavy atom. The van der Waals surface area contributed by atoms with Gasteiger partial charge in [-0.3, -0.25) is 4.79 Å². The molecule has 0 saturated heterocycles. The van der Waals surface area contributed by atoms with Crippen LogP contribution in [0.1, 0.15) is 26.4 Å². The van der Waals surface area contributed by atoms with E-state index >= 15 is 0 Å². The molecule has 8 heteroatoms. The molecule has 3 rings (SSSR count). The fraction of sp³-hybridized carbons (Fsp3) is 0.0500. The lowest BCUT2D eigenvalue weighted by atomic mass is 10.1. The Labute approximate surface area is 160 Å². The van der Waals surface area contributed by atoms with E-state index in [-0.39, 0.29) is 11.3 Å². The second kappa shape index (κ2) is 8.42.